The quantitative estimate of drug-likeness (QED) is 0.112. The molecule has 1 N–H and O–H groups in total. The van der Waals surface area contributed by atoms with E-state index in [-0.39, 0.29) is 37.3 Å². The molecule has 4 aromatic rings. The normalized spacial score (nSPS) is 10.0. The molecule has 4 heterocycles. The Kier molecular flexibility index (Phi) is 13.3. The zero-order valence-corrected chi connectivity index (χ0v) is 25.4. The second kappa shape index (κ2) is 15.6. The average Bonchev–Trinajstić information content (AvgIpc) is 2.89. The van der Waals surface area contributed by atoms with E-state index < -0.39 is 25.9 Å². The number of carboxylic acid groups (broad SMARTS) is 1. The van der Waals surface area contributed by atoms with Gasteiger partial charge in [0.15, 0.2) is 6.20 Å². The molecule has 0 aliphatic rings. The summed E-state index contributed by atoms with van der Waals surface area (Å²) >= 11 is 0. The molecule has 8 nitrogen and oxygen atoms in total. The third-order valence-corrected chi connectivity index (χ3v) is 6.99. The standard InChI is InChI=1S/C13H13F2N2Si.C8H10NO2.C6H5NO2.Ir/c1-18(2,3)9-4-6-11(16-8-9)10-5-7-12(14)17-13(10)15;1-9-6-4-3-5-7(9)8(10)11-2;8-6(9)5-3-1-2-4-7-5;/h4,6-8H,1-3H3;3-6H,1-2H3;1-4H,(H,8,9);/q-1;+1;;. The van der Waals surface area contributed by atoms with E-state index in [1.807, 2.05) is 12.1 Å². The first-order valence-corrected chi connectivity index (χ1v) is 14.8. The summed E-state index contributed by atoms with van der Waals surface area (Å²) in [7, 11) is 1.75. The Morgan fingerprint density at radius 2 is 1.72 bits per heavy atom. The van der Waals surface area contributed by atoms with E-state index in [1.54, 1.807) is 54.3 Å². The van der Waals surface area contributed by atoms with Crippen molar-refractivity contribution >= 4 is 25.2 Å². The van der Waals surface area contributed by atoms with E-state index in [0.29, 0.717) is 11.4 Å². The molecular weight excluding hydrogens is 703 g/mol. The molecule has 0 unspecified atom stereocenters. The van der Waals surface area contributed by atoms with Gasteiger partial charge in [-0.2, -0.15) is 4.57 Å². The summed E-state index contributed by atoms with van der Waals surface area (Å²) in [6.07, 6.45) is 4.99. The monoisotopic (exact) mass is 731 g/mol. The molecule has 1 radical (unpaired) electrons. The van der Waals surface area contributed by atoms with Gasteiger partial charge >= 0.3 is 11.9 Å². The fourth-order valence-corrected chi connectivity index (χ4v) is 3.90. The van der Waals surface area contributed by atoms with Crippen LogP contribution >= 0.6 is 0 Å². The van der Waals surface area contributed by atoms with Gasteiger partial charge in [-0.3, -0.25) is 4.98 Å². The van der Waals surface area contributed by atoms with Gasteiger partial charge in [-0.1, -0.05) is 49.5 Å². The number of carbonyl (C=O) groups excluding carboxylic acids is 1. The Hall–Kier alpha value is -3.73. The molecule has 0 aromatic carbocycles. The van der Waals surface area contributed by atoms with Crippen molar-refractivity contribution in [2.24, 2.45) is 7.05 Å². The summed E-state index contributed by atoms with van der Waals surface area (Å²) in [6, 6.07) is 17.3. The summed E-state index contributed by atoms with van der Waals surface area (Å²) in [5.41, 5.74) is 1.15. The van der Waals surface area contributed by atoms with Crippen LogP contribution in [0, 0.1) is 18.0 Å². The summed E-state index contributed by atoms with van der Waals surface area (Å²) in [5, 5.41) is 9.50. The number of aromatic carboxylic acids is 1. The van der Waals surface area contributed by atoms with Crippen LogP contribution in [0.5, 0.6) is 0 Å². The van der Waals surface area contributed by atoms with Crippen molar-refractivity contribution in [3.63, 3.8) is 0 Å². The first-order valence-electron chi connectivity index (χ1n) is 11.3. The number of ether oxygens (including phenoxy) is 1. The fraction of sp³-hybridized carbons (Fsp3) is 0.185. The second-order valence-electron chi connectivity index (χ2n) is 8.78. The second-order valence-corrected chi connectivity index (χ2v) is 13.9. The Labute approximate surface area is 240 Å². The zero-order valence-electron chi connectivity index (χ0n) is 22.0. The average molecular weight is 731 g/mol. The summed E-state index contributed by atoms with van der Waals surface area (Å²) in [5.74, 6) is -3.07. The minimum atomic E-state index is -1.42. The molecule has 39 heavy (non-hydrogen) atoms. The minimum Gasteiger partial charge on any atom is -0.477 e. The van der Waals surface area contributed by atoms with E-state index in [2.05, 4.69) is 45.4 Å². The first kappa shape index (κ1) is 33.3. The van der Waals surface area contributed by atoms with Crippen LogP contribution < -0.4 is 9.75 Å². The van der Waals surface area contributed by atoms with Gasteiger partial charge in [-0.05, 0) is 29.1 Å². The number of pyridine rings is 4. The Morgan fingerprint density at radius 1 is 1.03 bits per heavy atom. The van der Waals surface area contributed by atoms with Crippen molar-refractivity contribution in [3.8, 4) is 11.3 Å². The third kappa shape index (κ3) is 10.5. The maximum Gasteiger partial charge on any atom is 0.403 e. The van der Waals surface area contributed by atoms with Crippen LogP contribution in [-0.4, -0.2) is 47.2 Å². The number of carboxylic acids is 1. The number of hydrogen-bond acceptors (Lipinski definition) is 6. The third-order valence-electron chi connectivity index (χ3n) is 4.97. The van der Waals surface area contributed by atoms with Crippen molar-refractivity contribution < 1.29 is 52.9 Å². The molecule has 0 saturated heterocycles. The van der Waals surface area contributed by atoms with Crippen LogP contribution in [0.1, 0.15) is 21.0 Å². The van der Waals surface area contributed by atoms with Gasteiger partial charge in [-0.15, -0.1) is 6.07 Å². The van der Waals surface area contributed by atoms with Crippen LogP contribution in [0.4, 0.5) is 8.78 Å². The fourth-order valence-electron chi connectivity index (χ4n) is 2.87. The summed E-state index contributed by atoms with van der Waals surface area (Å²) in [6.45, 7) is 6.61. The van der Waals surface area contributed by atoms with Crippen molar-refractivity contribution in [1.29, 1.82) is 0 Å². The van der Waals surface area contributed by atoms with Crippen molar-refractivity contribution in [2.45, 2.75) is 19.6 Å². The van der Waals surface area contributed by atoms with E-state index in [0.717, 1.165) is 6.07 Å². The zero-order chi connectivity index (χ0) is 28.3. The molecule has 207 valence electrons. The van der Waals surface area contributed by atoms with Gasteiger partial charge in [0, 0.05) is 44.6 Å². The SMILES string of the molecule is COC(=O)c1cccc[n+]1C.C[Si](C)(C)c1ccc(-c2[c-]cc(F)nc2F)nc1.O=C(O)c1ccccn1.[Ir]. The molecule has 4 rings (SSSR count). The molecule has 0 fully saturated rings. The number of nitrogens with zero attached hydrogens (tertiary/aromatic N) is 4. The van der Waals surface area contributed by atoms with Gasteiger partial charge in [0.1, 0.15) is 24.6 Å². The summed E-state index contributed by atoms with van der Waals surface area (Å²) < 4.78 is 32.4. The van der Waals surface area contributed by atoms with Gasteiger partial charge in [0.25, 0.3) is 5.69 Å². The van der Waals surface area contributed by atoms with Crippen molar-refractivity contribution in [2.75, 3.05) is 7.11 Å². The van der Waals surface area contributed by atoms with Gasteiger partial charge < -0.3 is 14.8 Å². The number of carbonyl (C=O) groups is 2. The molecule has 0 saturated carbocycles. The maximum absolute atomic E-state index is 13.5. The van der Waals surface area contributed by atoms with Crippen LogP contribution in [0.2, 0.25) is 19.6 Å². The van der Waals surface area contributed by atoms with Crippen LogP contribution in [-0.2, 0) is 31.9 Å². The van der Waals surface area contributed by atoms with E-state index in [4.69, 9.17) is 5.11 Å². The smallest absolute Gasteiger partial charge is 0.403 e. The van der Waals surface area contributed by atoms with Crippen LogP contribution in [0.25, 0.3) is 11.3 Å². The molecule has 0 aliphatic carbocycles. The predicted molar refractivity (Wildman–Crippen MR) is 139 cm³/mol. The maximum atomic E-state index is 13.5. The Balaban J connectivity index is 0.000000312. The molecule has 4 aromatic heterocycles. The minimum absolute atomic E-state index is 0. The van der Waals surface area contributed by atoms with Gasteiger partial charge in [-0.25, -0.2) is 23.4 Å². The summed E-state index contributed by atoms with van der Waals surface area (Å²) in [4.78, 5) is 32.0. The number of esters is 1. The van der Waals surface area contributed by atoms with E-state index in [9.17, 15) is 18.4 Å². The molecule has 0 atom stereocenters. The van der Waals surface area contributed by atoms with Gasteiger partial charge in [0.05, 0.1) is 15.2 Å². The van der Waals surface area contributed by atoms with E-state index >= 15 is 0 Å². The number of hydrogen-bond donors (Lipinski definition) is 1. The molecule has 0 bridgehead atoms. The van der Waals surface area contributed by atoms with Crippen molar-refractivity contribution in [1.82, 2.24) is 15.0 Å². The molecule has 0 aliphatic heterocycles. The molecule has 12 heteroatoms. The van der Waals surface area contributed by atoms with Crippen molar-refractivity contribution in [3.05, 3.63) is 103 Å². The van der Waals surface area contributed by atoms with Gasteiger partial charge in [0.2, 0.25) is 0 Å². The molecule has 0 spiro atoms. The predicted octanol–water partition coefficient (Wildman–Crippen LogP) is 3.84. The molecular formula is C27H28F2IrN4O4Si. The number of rotatable bonds is 4. The number of halogens is 2. The number of aryl methyl sites for hydroxylation is 1. The van der Waals surface area contributed by atoms with E-state index in [1.165, 1.54) is 24.6 Å². The molecule has 0 amide bonds. The topological polar surface area (TPSA) is 106 Å². The largest absolute Gasteiger partial charge is 0.477 e. The first-order chi connectivity index (χ1) is 17.9. The Bertz CT molecular complexity index is 1370. The number of methoxy groups -OCH3 is 1. The van der Waals surface area contributed by atoms with Crippen LogP contribution in [0.3, 0.4) is 0 Å². The Morgan fingerprint density at radius 3 is 2.18 bits per heavy atom. The van der Waals surface area contributed by atoms with Crippen LogP contribution in [0.15, 0.2) is 73.2 Å². The number of aromatic nitrogens is 4.